The first-order chi connectivity index (χ1) is 33.0. The number of allylic oxidation sites excluding steroid dienone is 22. The number of hydrogen-bond donors (Lipinski definition) is 1. The lowest BCUT2D eigenvalue weighted by molar-refractivity contribution is -0.870. The van der Waals surface area contributed by atoms with Crippen LogP contribution in [-0.4, -0.2) is 74.9 Å². The van der Waals surface area contributed by atoms with E-state index in [1.807, 2.05) is 21.1 Å². The molecule has 0 aromatic carbocycles. The van der Waals surface area contributed by atoms with E-state index in [9.17, 15) is 19.0 Å². The Kier molecular flexibility index (Phi) is 45.5. The molecule has 0 bridgehead atoms. The number of carbonyl (C=O) groups is 2. The minimum absolute atomic E-state index is 0.0144. The van der Waals surface area contributed by atoms with E-state index < -0.39 is 32.5 Å². The van der Waals surface area contributed by atoms with Crippen molar-refractivity contribution in [1.82, 2.24) is 0 Å². The summed E-state index contributed by atoms with van der Waals surface area (Å²) in [5.41, 5.74) is 0. The summed E-state index contributed by atoms with van der Waals surface area (Å²) >= 11 is 0. The molecule has 2 unspecified atom stereocenters. The van der Waals surface area contributed by atoms with E-state index in [1.165, 1.54) is 6.42 Å². The zero-order valence-electron chi connectivity index (χ0n) is 43.3. The Labute approximate surface area is 415 Å². The number of phosphoric ester groups is 1. The quantitative estimate of drug-likeness (QED) is 0.0211. The first-order valence-electron chi connectivity index (χ1n) is 25.9. The molecule has 68 heavy (non-hydrogen) atoms. The summed E-state index contributed by atoms with van der Waals surface area (Å²) in [5.74, 6) is -0.868. The average Bonchev–Trinajstić information content (AvgIpc) is 3.30. The smallest absolute Gasteiger partial charge is 0.462 e. The van der Waals surface area contributed by atoms with Gasteiger partial charge in [0.05, 0.1) is 27.7 Å². The lowest BCUT2D eigenvalue weighted by Gasteiger charge is -2.24. The van der Waals surface area contributed by atoms with Gasteiger partial charge in [-0.2, -0.15) is 0 Å². The third-order valence-corrected chi connectivity index (χ3v) is 11.1. The molecule has 0 radical (unpaired) electrons. The summed E-state index contributed by atoms with van der Waals surface area (Å²) < 4.78 is 34.3. The van der Waals surface area contributed by atoms with E-state index in [0.29, 0.717) is 23.9 Å². The molecule has 0 aromatic heterocycles. The monoisotopic (exact) mass is 965 g/mol. The third kappa shape index (κ3) is 51.5. The molecule has 0 aliphatic carbocycles. The summed E-state index contributed by atoms with van der Waals surface area (Å²) in [6.45, 7) is 4.16. The molecule has 0 spiro atoms. The Balaban J connectivity index is 4.33. The van der Waals surface area contributed by atoms with Crippen LogP contribution < -0.4 is 0 Å². The van der Waals surface area contributed by atoms with Crippen LogP contribution >= 0.6 is 7.82 Å². The highest BCUT2D eigenvalue weighted by atomic mass is 31.2. The summed E-state index contributed by atoms with van der Waals surface area (Å²) in [4.78, 5) is 35.5. The van der Waals surface area contributed by atoms with E-state index in [-0.39, 0.29) is 26.1 Å². The van der Waals surface area contributed by atoms with E-state index in [1.54, 1.807) is 0 Å². The molecule has 384 valence electrons. The average molecular weight is 965 g/mol. The van der Waals surface area contributed by atoms with Crippen LogP contribution in [-0.2, 0) is 32.7 Å². The predicted molar refractivity (Wildman–Crippen MR) is 288 cm³/mol. The van der Waals surface area contributed by atoms with Gasteiger partial charge >= 0.3 is 19.8 Å². The van der Waals surface area contributed by atoms with Gasteiger partial charge in [0.25, 0.3) is 0 Å². The largest absolute Gasteiger partial charge is 0.472 e. The zero-order valence-corrected chi connectivity index (χ0v) is 44.2. The number of esters is 2. The summed E-state index contributed by atoms with van der Waals surface area (Å²) in [7, 11) is 1.42. The Morgan fingerprint density at radius 3 is 1.26 bits per heavy atom. The van der Waals surface area contributed by atoms with E-state index in [2.05, 4.69) is 148 Å². The second-order valence-electron chi connectivity index (χ2n) is 17.8. The Hall–Kier alpha value is -3.85. The highest BCUT2D eigenvalue weighted by molar-refractivity contribution is 7.47. The molecule has 0 aliphatic rings. The fourth-order valence-electron chi connectivity index (χ4n) is 6.16. The van der Waals surface area contributed by atoms with Crippen molar-refractivity contribution in [2.24, 2.45) is 0 Å². The van der Waals surface area contributed by atoms with Crippen molar-refractivity contribution in [2.75, 3.05) is 47.5 Å². The number of rotatable bonds is 45. The number of ether oxygens (including phenoxy) is 2. The molecular formula is C58H95NO8P+. The van der Waals surface area contributed by atoms with Crippen molar-refractivity contribution < 1.29 is 42.1 Å². The number of nitrogens with zero attached hydrogens (tertiary/aromatic N) is 1. The SMILES string of the molecule is CC/C=C\C/C=C\C/C=C\C/C=C\C/C=C\C/C=C\C/C=C\C/C=C\C/C=C\CCCCCC(=O)OC(COC(=O)CCCCCCC/C=C\C/C=C\CCC)COP(=O)(O)OCC[N+](C)(C)C. The number of carbonyl (C=O) groups excluding carboxylic acids is 2. The molecule has 0 fully saturated rings. The van der Waals surface area contributed by atoms with Gasteiger partial charge in [-0.25, -0.2) is 4.57 Å². The maximum atomic E-state index is 12.7. The lowest BCUT2D eigenvalue weighted by Crippen LogP contribution is -2.37. The molecule has 0 saturated carbocycles. The van der Waals surface area contributed by atoms with Gasteiger partial charge in [-0.1, -0.05) is 180 Å². The second kappa shape index (κ2) is 48.2. The van der Waals surface area contributed by atoms with Crippen LogP contribution in [0.2, 0.25) is 0 Å². The second-order valence-corrected chi connectivity index (χ2v) is 19.3. The minimum Gasteiger partial charge on any atom is -0.462 e. The van der Waals surface area contributed by atoms with Crippen LogP contribution in [0.15, 0.2) is 134 Å². The van der Waals surface area contributed by atoms with Crippen LogP contribution in [0, 0.1) is 0 Å². The standard InChI is InChI=1S/C58H94NO8P/c1-6-8-10-12-14-16-18-20-21-22-23-24-25-26-27-28-29-30-31-32-33-34-35-36-37-39-41-43-45-47-49-51-58(61)67-56(55-66-68(62,63)65-53-52-59(3,4)5)54-64-57(60)50-48-46-44-42-40-38-19-17-15-13-11-9-7-2/h8,10-11,13-14,16-17,19-21,23-24,26-27,29-30,32-33,35-36,39,41,56H,6-7,9,12,15,18,22,25,28,31,34,37-38,40,42-55H2,1-5H3/p+1/b10-8-,13-11-,16-14-,19-17-,21-20-,24-23-,27-26-,30-29-,33-32-,36-35-,41-39-. The minimum atomic E-state index is -4.40. The zero-order chi connectivity index (χ0) is 49.9. The predicted octanol–water partition coefficient (Wildman–Crippen LogP) is 15.8. The van der Waals surface area contributed by atoms with E-state index in [4.69, 9.17) is 18.5 Å². The lowest BCUT2D eigenvalue weighted by atomic mass is 10.1. The van der Waals surface area contributed by atoms with Crippen LogP contribution in [0.1, 0.15) is 168 Å². The molecule has 2 atom stereocenters. The first-order valence-corrected chi connectivity index (χ1v) is 27.4. The van der Waals surface area contributed by atoms with Crippen molar-refractivity contribution >= 4 is 19.8 Å². The fourth-order valence-corrected chi connectivity index (χ4v) is 6.90. The molecular weight excluding hydrogens is 870 g/mol. The summed E-state index contributed by atoms with van der Waals surface area (Å²) in [6, 6.07) is 0. The van der Waals surface area contributed by atoms with Gasteiger partial charge in [-0.15, -0.1) is 0 Å². The number of phosphoric acid groups is 1. The number of likely N-dealkylation sites (N-methyl/N-ethyl adjacent to an activating group) is 1. The molecule has 0 saturated heterocycles. The van der Waals surface area contributed by atoms with Gasteiger partial charge in [0.1, 0.15) is 19.8 Å². The fraction of sp³-hybridized carbons (Fsp3) is 0.586. The van der Waals surface area contributed by atoms with Gasteiger partial charge in [0.2, 0.25) is 0 Å². The highest BCUT2D eigenvalue weighted by Crippen LogP contribution is 2.43. The molecule has 1 N–H and O–H groups in total. The molecule has 0 aliphatic heterocycles. The van der Waals surface area contributed by atoms with E-state index >= 15 is 0 Å². The van der Waals surface area contributed by atoms with Crippen molar-refractivity contribution in [2.45, 2.75) is 174 Å². The van der Waals surface area contributed by atoms with Crippen molar-refractivity contribution in [3.63, 3.8) is 0 Å². The molecule has 9 nitrogen and oxygen atoms in total. The van der Waals surface area contributed by atoms with Gasteiger partial charge < -0.3 is 18.9 Å². The van der Waals surface area contributed by atoms with Gasteiger partial charge in [0.15, 0.2) is 6.10 Å². The van der Waals surface area contributed by atoms with Crippen LogP contribution in [0.5, 0.6) is 0 Å². The van der Waals surface area contributed by atoms with Crippen molar-refractivity contribution in [3.05, 3.63) is 134 Å². The van der Waals surface area contributed by atoms with Crippen LogP contribution in [0.4, 0.5) is 0 Å². The highest BCUT2D eigenvalue weighted by Gasteiger charge is 2.27. The van der Waals surface area contributed by atoms with Crippen LogP contribution in [0.25, 0.3) is 0 Å². The topological polar surface area (TPSA) is 108 Å². The maximum Gasteiger partial charge on any atom is 0.472 e. The third-order valence-electron chi connectivity index (χ3n) is 10.1. The Morgan fingerprint density at radius 2 is 0.838 bits per heavy atom. The van der Waals surface area contributed by atoms with Crippen LogP contribution in [0.3, 0.4) is 0 Å². The maximum absolute atomic E-state index is 12.7. The van der Waals surface area contributed by atoms with Gasteiger partial charge in [-0.05, 0) is 109 Å². The molecule has 0 rings (SSSR count). The summed E-state index contributed by atoms with van der Waals surface area (Å²) in [5, 5.41) is 0. The van der Waals surface area contributed by atoms with Crippen molar-refractivity contribution in [1.29, 1.82) is 0 Å². The van der Waals surface area contributed by atoms with Gasteiger partial charge in [0, 0.05) is 12.8 Å². The van der Waals surface area contributed by atoms with Gasteiger partial charge in [-0.3, -0.25) is 18.6 Å². The number of unbranched alkanes of at least 4 members (excludes halogenated alkanes) is 9. The van der Waals surface area contributed by atoms with Crippen molar-refractivity contribution in [3.8, 4) is 0 Å². The molecule has 0 aromatic rings. The normalized spacial score (nSPS) is 14.5. The Morgan fingerprint density at radius 1 is 0.471 bits per heavy atom. The Bertz CT molecular complexity index is 1610. The molecule has 0 heterocycles. The number of quaternary nitrogens is 1. The first kappa shape index (κ1) is 64.2. The summed E-state index contributed by atoms with van der Waals surface area (Å²) in [6.07, 6.45) is 69.4. The number of hydrogen-bond acceptors (Lipinski definition) is 7. The molecule has 0 amide bonds. The molecule has 10 heteroatoms. The van der Waals surface area contributed by atoms with E-state index in [0.717, 1.165) is 122 Å².